The standard InChI is InChI=1S/C18H23NO4/c1-6-12-9-16(20)23-15-10-13(7-8-14(12)15)22-17(11(2)3)18(21)19(4)5/h7-11,17H,6H2,1-5H3/t17-/m0/s1. The van der Waals surface area contributed by atoms with Gasteiger partial charge >= 0.3 is 5.63 Å². The first-order valence-corrected chi connectivity index (χ1v) is 7.78. The minimum atomic E-state index is -0.580. The molecule has 0 fully saturated rings. The van der Waals surface area contributed by atoms with Crippen LogP contribution in [0.25, 0.3) is 11.0 Å². The fraction of sp³-hybridized carbons (Fsp3) is 0.444. The predicted octanol–water partition coefficient (Wildman–Crippen LogP) is 2.85. The van der Waals surface area contributed by atoms with Crippen LogP contribution in [0.3, 0.4) is 0 Å². The Morgan fingerprint density at radius 2 is 1.96 bits per heavy atom. The number of fused-ring (bicyclic) bond motifs is 1. The van der Waals surface area contributed by atoms with E-state index in [4.69, 9.17) is 9.15 Å². The molecule has 2 aromatic rings. The van der Waals surface area contributed by atoms with E-state index in [1.165, 1.54) is 11.0 Å². The summed E-state index contributed by atoms with van der Waals surface area (Å²) in [5.74, 6) is 0.446. The van der Waals surface area contributed by atoms with Gasteiger partial charge in [-0.3, -0.25) is 4.79 Å². The maximum atomic E-state index is 12.2. The van der Waals surface area contributed by atoms with Crippen LogP contribution in [0.5, 0.6) is 5.75 Å². The first-order chi connectivity index (χ1) is 10.8. The molecule has 5 heteroatoms. The smallest absolute Gasteiger partial charge is 0.336 e. The molecule has 0 aliphatic rings. The highest BCUT2D eigenvalue weighted by Gasteiger charge is 2.26. The summed E-state index contributed by atoms with van der Waals surface area (Å²) in [5.41, 5.74) is 1.04. The fourth-order valence-corrected chi connectivity index (χ4v) is 2.45. The minimum absolute atomic E-state index is 0.0228. The highest BCUT2D eigenvalue weighted by molar-refractivity contribution is 5.83. The van der Waals surface area contributed by atoms with Gasteiger partial charge in [0.05, 0.1) is 0 Å². The van der Waals surface area contributed by atoms with Gasteiger partial charge in [-0.05, 0) is 30.0 Å². The van der Waals surface area contributed by atoms with E-state index in [2.05, 4.69) is 0 Å². The molecule has 124 valence electrons. The van der Waals surface area contributed by atoms with E-state index in [0.29, 0.717) is 11.3 Å². The Balaban J connectivity index is 2.40. The summed E-state index contributed by atoms with van der Waals surface area (Å²) in [6.45, 7) is 5.86. The Hall–Kier alpha value is -2.30. The highest BCUT2D eigenvalue weighted by atomic mass is 16.5. The third-order valence-corrected chi connectivity index (χ3v) is 3.74. The van der Waals surface area contributed by atoms with Gasteiger partial charge in [-0.25, -0.2) is 4.79 Å². The maximum absolute atomic E-state index is 12.2. The molecule has 1 atom stereocenters. The third kappa shape index (κ3) is 3.73. The van der Waals surface area contributed by atoms with Crippen molar-refractivity contribution < 1.29 is 13.9 Å². The lowest BCUT2D eigenvalue weighted by atomic mass is 10.1. The molecule has 5 nitrogen and oxygen atoms in total. The molecule has 0 N–H and O–H groups in total. The summed E-state index contributed by atoms with van der Waals surface area (Å²) in [7, 11) is 3.40. The molecule has 2 rings (SSSR count). The van der Waals surface area contributed by atoms with E-state index in [-0.39, 0.29) is 17.5 Å². The lowest BCUT2D eigenvalue weighted by Gasteiger charge is -2.24. The minimum Gasteiger partial charge on any atom is -0.480 e. The molecule has 23 heavy (non-hydrogen) atoms. The van der Waals surface area contributed by atoms with Crippen molar-refractivity contribution in [2.45, 2.75) is 33.3 Å². The van der Waals surface area contributed by atoms with Crippen molar-refractivity contribution in [3.05, 3.63) is 40.2 Å². The Morgan fingerprint density at radius 3 is 2.52 bits per heavy atom. The topological polar surface area (TPSA) is 59.8 Å². The molecule has 1 amide bonds. The van der Waals surface area contributed by atoms with Gasteiger partial charge in [0, 0.05) is 31.6 Å². The van der Waals surface area contributed by atoms with Gasteiger partial charge in [0.2, 0.25) is 0 Å². The number of aryl methyl sites for hydroxylation is 1. The van der Waals surface area contributed by atoms with E-state index in [0.717, 1.165) is 17.4 Å². The van der Waals surface area contributed by atoms with Crippen LogP contribution in [0.4, 0.5) is 0 Å². The third-order valence-electron chi connectivity index (χ3n) is 3.74. The van der Waals surface area contributed by atoms with Crippen LogP contribution in [-0.2, 0) is 11.2 Å². The average Bonchev–Trinajstić information content (AvgIpc) is 2.50. The van der Waals surface area contributed by atoms with Gasteiger partial charge in [-0.15, -0.1) is 0 Å². The first kappa shape index (κ1) is 17.1. The second-order valence-electron chi connectivity index (χ2n) is 6.12. The number of hydrogen-bond acceptors (Lipinski definition) is 4. The zero-order chi connectivity index (χ0) is 17.1. The van der Waals surface area contributed by atoms with Gasteiger partial charge < -0.3 is 14.1 Å². The molecule has 0 aliphatic carbocycles. The van der Waals surface area contributed by atoms with E-state index in [1.54, 1.807) is 26.2 Å². The Labute approximate surface area is 135 Å². The van der Waals surface area contributed by atoms with Crippen LogP contribution in [0.2, 0.25) is 0 Å². The maximum Gasteiger partial charge on any atom is 0.336 e. The fourth-order valence-electron chi connectivity index (χ4n) is 2.45. The summed E-state index contributed by atoms with van der Waals surface area (Å²) in [6, 6.07) is 6.85. The van der Waals surface area contributed by atoms with Crippen LogP contribution in [-0.4, -0.2) is 31.0 Å². The zero-order valence-electron chi connectivity index (χ0n) is 14.3. The normalized spacial score (nSPS) is 12.4. The molecule has 0 radical (unpaired) electrons. The number of ether oxygens (including phenoxy) is 1. The van der Waals surface area contributed by atoms with Crippen molar-refractivity contribution in [1.29, 1.82) is 0 Å². The highest BCUT2D eigenvalue weighted by Crippen LogP contribution is 2.25. The van der Waals surface area contributed by atoms with Gasteiger partial charge in [0.15, 0.2) is 6.10 Å². The Kier molecular flexibility index (Phi) is 5.08. The van der Waals surface area contributed by atoms with Crippen molar-refractivity contribution in [3.8, 4) is 5.75 Å². The van der Waals surface area contributed by atoms with Crippen molar-refractivity contribution in [2.75, 3.05) is 14.1 Å². The van der Waals surface area contributed by atoms with Crippen LogP contribution in [0.1, 0.15) is 26.3 Å². The van der Waals surface area contributed by atoms with Gasteiger partial charge in [-0.1, -0.05) is 20.8 Å². The van der Waals surface area contributed by atoms with Crippen LogP contribution in [0.15, 0.2) is 33.5 Å². The Bertz CT molecular complexity index is 761. The van der Waals surface area contributed by atoms with E-state index < -0.39 is 6.10 Å². The number of carbonyl (C=O) groups excluding carboxylic acids is 1. The van der Waals surface area contributed by atoms with Crippen LogP contribution < -0.4 is 10.4 Å². The summed E-state index contributed by atoms with van der Waals surface area (Å²) in [5, 5.41) is 0.888. The van der Waals surface area contributed by atoms with Crippen molar-refractivity contribution in [3.63, 3.8) is 0 Å². The quantitative estimate of drug-likeness (QED) is 0.796. The molecular formula is C18H23NO4. The lowest BCUT2D eigenvalue weighted by Crippen LogP contribution is -2.41. The number of rotatable bonds is 5. The lowest BCUT2D eigenvalue weighted by molar-refractivity contribution is -0.138. The number of hydrogen-bond donors (Lipinski definition) is 0. The number of carbonyl (C=O) groups is 1. The monoisotopic (exact) mass is 317 g/mol. The van der Waals surface area contributed by atoms with Gasteiger partial charge in [0.25, 0.3) is 5.91 Å². The number of likely N-dealkylation sites (N-methyl/N-ethyl adjacent to an activating group) is 1. The first-order valence-electron chi connectivity index (χ1n) is 7.78. The molecular weight excluding hydrogens is 294 g/mol. The molecule has 1 heterocycles. The second-order valence-corrected chi connectivity index (χ2v) is 6.12. The molecule has 0 saturated carbocycles. The molecule has 1 aromatic heterocycles. The molecule has 1 aromatic carbocycles. The molecule has 0 unspecified atom stereocenters. The van der Waals surface area contributed by atoms with Crippen LogP contribution >= 0.6 is 0 Å². The predicted molar refractivity (Wildman–Crippen MR) is 89.8 cm³/mol. The molecule has 0 saturated heterocycles. The Morgan fingerprint density at radius 1 is 1.26 bits per heavy atom. The number of benzene rings is 1. The van der Waals surface area contributed by atoms with E-state index in [9.17, 15) is 9.59 Å². The second kappa shape index (κ2) is 6.86. The molecule has 0 aliphatic heterocycles. The number of nitrogens with zero attached hydrogens (tertiary/aromatic N) is 1. The zero-order valence-corrected chi connectivity index (χ0v) is 14.3. The van der Waals surface area contributed by atoms with Crippen LogP contribution in [0, 0.1) is 5.92 Å². The summed E-state index contributed by atoms with van der Waals surface area (Å²) in [6.07, 6.45) is 0.166. The van der Waals surface area contributed by atoms with Crippen molar-refractivity contribution in [2.24, 2.45) is 5.92 Å². The molecule has 0 bridgehead atoms. The van der Waals surface area contributed by atoms with E-state index >= 15 is 0 Å². The average molecular weight is 317 g/mol. The van der Waals surface area contributed by atoms with Crippen molar-refractivity contribution >= 4 is 16.9 Å². The van der Waals surface area contributed by atoms with Gasteiger partial charge in [-0.2, -0.15) is 0 Å². The number of amides is 1. The summed E-state index contributed by atoms with van der Waals surface area (Å²) in [4.78, 5) is 25.4. The summed E-state index contributed by atoms with van der Waals surface area (Å²) < 4.78 is 11.1. The summed E-state index contributed by atoms with van der Waals surface area (Å²) >= 11 is 0. The van der Waals surface area contributed by atoms with Crippen molar-refractivity contribution in [1.82, 2.24) is 4.90 Å². The SMILES string of the molecule is CCc1cc(=O)oc2cc(O[C@H](C(=O)N(C)C)C(C)C)ccc12. The largest absolute Gasteiger partial charge is 0.480 e. The van der Waals surface area contributed by atoms with E-state index in [1.807, 2.05) is 26.8 Å². The van der Waals surface area contributed by atoms with Gasteiger partial charge in [0.1, 0.15) is 11.3 Å². The molecule has 0 spiro atoms.